The maximum atomic E-state index is 12.3. The molecule has 5 N–H and O–H groups in total. The summed E-state index contributed by atoms with van der Waals surface area (Å²) in [4.78, 5) is 39.0. The van der Waals surface area contributed by atoms with Gasteiger partial charge in [0.25, 0.3) is 0 Å². The van der Waals surface area contributed by atoms with Gasteiger partial charge in [-0.25, -0.2) is 4.79 Å². The minimum Gasteiger partial charge on any atom is -0.480 e. The highest BCUT2D eigenvalue weighted by Gasteiger charge is 2.23. The third kappa shape index (κ3) is 6.83. The maximum absolute atomic E-state index is 12.3. The van der Waals surface area contributed by atoms with E-state index in [-0.39, 0.29) is 38.3 Å². The van der Waals surface area contributed by atoms with Crippen molar-refractivity contribution >= 4 is 41.2 Å². The van der Waals surface area contributed by atoms with Crippen LogP contribution in [0.15, 0.2) is 60.8 Å². The Morgan fingerprint density at radius 1 is 1.06 bits per heavy atom. The minimum absolute atomic E-state index is 0. The van der Waals surface area contributed by atoms with Crippen molar-refractivity contribution in [3.8, 4) is 0 Å². The lowest BCUT2D eigenvalue weighted by atomic mass is 10.0. The van der Waals surface area contributed by atoms with E-state index in [1.165, 1.54) is 0 Å². The number of aromatic nitrogens is 1. The molecule has 3 aromatic rings. The lowest BCUT2D eigenvalue weighted by Crippen LogP contribution is -2.43. The number of amides is 1. The van der Waals surface area contributed by atoms with Crippen LogP contribution in [0, 0.1) is 0 Å². The van der Waals surface area contributed by atoms with Crippen LogP contribution in [0.1, 0.15) is 24.0 Å². The Labute approximate surface area is 191 Å². The van der Waals surface area contributed by atoms with E-state index < -0.39 is 29.9 Å². The molecule has 0 unspecified atom stereocenters. The number of hydrogen-bond acceptors (Lipinski definition) is 5. The van der Waals surface area contributed by atoms with Gasteiger partial charge in [0.15, 0.2) is 0 Å². The standard InChI is InChI=1S/C23H25N3O5.ClH/c24-18(23(30)31-14-15-6-2-1-3-7-15)10-11-21(27)26-20(22(28)29)12-16-13-25-19-9-5-4-8-17(16)19;/h1-9,13,18,20,25H,10-12,14,24H2,(H,26,27)(H,28,29);1H/t18-,20-;/m1./s1. The number of esters is 1. The predicted molar refractivity (Wildman–Crippen MR) is 122 cm³/mol. The number of aliphatic carboxylic acids is 1. The van der Waals surface area contributed by atoms with Gasteiger partial charge in [-0.2, -0.15) is 0 Å². The highest BCUT2D eigenvalue weighted by molar-refractivity contribution is 5.87. The monoisotopic (exact) mass is 459 g/mol. The number of benzene rings is 2. The Morgan fingerprint density at radius 3 is 2.47 bits per heavy atom. The van der Waals surface area contributed by atoms with Gasteiger partial charge in [0.05, 0.1) is 0 Å². The first-order valence-electron chi connectivity index (χ1n) is 9.97. The summed E-state index contributed by atoms with van der Waals surface area (Å²) in [6.07, 6.45) is 1.85. The summed E-state index contributed by atoms with van der Waals surface area (Å²) in [6, 6.07) is 14.7. The molecule has 2 aromatic carbocycles. The van der Waals surface area contributed by atoms with Crippen molar-refractivity contribution in [2.75, 3.05) is 0 Å². The number of halogens is 1. The summed E-state index contributed by atoms with van der Waals surface area (Å²) in [5.74, 6) is -2.23. The normalized spacial score (nSPS) is 12.4. The van der Waals surface area contributed by atoms with E-state index in [9.17, 15) is 19.5 Å². The summed E-state index contributed by atoms with van der Waals surface area (Å²) in [5, 5.41) is 12.9. The molecule has 1 aromatic heterocycles. The molecule has 0 aliphatic rings. The van der Waals surface area contributed by atoms with Crippen LogP contribution in [0.5, 0.6) is 0 Å². The topological polar surface area (TPSA) is 135 Å². The van der Waals surface area contributed by atoms with Gasteiger partial charge in [0, 0.05) is 29.9 Å². The first-order chi connectivity index (χ1) is 14.9. The summed E-state index contributed by atoms with van der Waals surface area (Å²) >= 11 is 0. The molecule has 0 aliphatic carbocycles. The molecule has 1 heterocycles. The SMILES string of the molecule is Cl.N[C@H](CCC(=O)N[C@H](Cc1c[nH]c2ccccc12)C(=O)O)C(=O)OCc1ccccc1. The molecule has 0 saturated carbocycles. The van der Waals surface area contributed by atoms with Crippen LogP contribution in [0.2, 0.25) is 0 Å². The van der Waals surface area contributed by atoms with Gasteiger partial charge in [-0.3, -0.25) is 9.59 Å². The van der Waals surface area contributed by atoms with Crippen LogP contribution >= 0.6 is 12.4 Å². The zero-order valence-electron chi connectivity index (χ0n) is 17.3. The summed E-state index contributed by atoms with van der Waals surface area (Å²) in [5.41, 5.74) is 8.34. The molecule has 9 heteroatoms. The number of carboxylic acids is 1. The molecule has 0 saturated heterocycles. The van der Waals surface area contributed by atoms with Gasteiger partial charge >= 0.3 is 11.9 Å². The smallest absolute Gasteiger partial charge is 0.326 e. The number of rotatable bonds is 10. The van der Waals surface area contributed by atoms with E-state index in [0.29, 0.717) is 0 Å². The molecule has 170 valence electrons. The Kier molecular flexibility index (Phi) is 9.24. The number of aromatic amines is 1. The highest BCUT2D eigenvalue weighted by atomic mass is 35.5. The number of nitrogens with two attached hydrogens (primary N) is 1. The number of H-pyrrole nitrogens is 1. The van der Waals surface area contributed by atoms with Crippen molar-refractivity contribution in [3.05, 3.63) is 71.9 Å². The van der Waals surface area contributed by atoms with Crippen LogP contribution in [0.3, 0.4) is 0 Å². The first kappa shape index (κ1) is 24.9. The Bertz CT molecular complexity index is 1050. The summed E-state index contributed by atoms with van der Waals surface area (Å²) in [6.45, 7) is 0.102. The van der Waals surface area contributed by atoms with E-state index in [4.69, 9.17) is 10.5 Å². The summed E-state index contributed by atoms with van der Waals surface area (Å²) in [7, 11) is 0. The zero-order chi connectivity index (χ0) is 22.2. The average molecular weight is 460 g/mol. The zero-order valence-corrected chi connectivity index (χ0v) is 18.1. The molecular weight excluding hydrogens is 434 g/mol. The van der Waals surface area contributed by atoms with Crippen molar-refractivity contribution in [2.45, 2.75) is 38.0 Å². The second-order valence-electron chi connectivity index (χ2n) is 7.26. The van der Waals surface area contributed by atoms with Gasteiger partial charge in [-0.15, -0.1) is 12.4 Å². The second-order valence-corrected chi connectivity index (χ2v) is 7.26. The van der Waals surface area contributed by atoms with E-state index >= 15 is 0 Å². The summed E-state index contributed by atoms with van der Waals surface area (Å²) < 4.78 is 5.16. The Hall–Kier alpha value is -3.36. The molecule has 0 bridgehead atoms. The number of ether oxygens (including phenoxy) is 1. The van der Waals surface area contributed by atoms with Crippen LogP contribution in [-0.4, -0.2) is 40.0 Å². The van der Waals surface area contributed by atoms with Crippen molar-refractivity contribution in [1.29, 1.82) is 0 Å². The lowest BCUT2D eigenvalue weighted by molar-refractivity contribution is -0.147. The molecule has 0 spiro atoms. The fraction of sp³-hybridized carbons (Fsp3) is 0.261. The van der Waals surface area contributed by atoms with Crippen molar-refractivity contribution in [3.63, 3.8) is 0 Å². The molecule has 32 heavy (non-hydrogen) atoms. The van der Waals surface area contributed by atoms with Crippen LogP contribution in [0.4, 0.5) is 0 Å². The van der Waals surface area contributed by atoms with Crippen LogP contribution in [-0.2, 0) is 32.1 Å². The number of carbonyl (C=O) groups is 3. The fourth-order valence-electron chi connectivity index (χ4n) is 3.23. The van der Waals surface area contributed by atoms with E-state index in [1.54, 1.807) is 6.20 Å². The fourth-order valence-corrected chi connectivity index (χ4v) is 3.23. The number of nitrogens with one attached hydrogen (secondary N) is 2. The molecular formula is C23H26ClN3O5. The van der Waals surface area contributed by atoms with Gasteiger partial charge in [-0.05, 0) is 23.6 Å². The van der Waals surface area contributed by atoms with Crippen LogP contribution in [0.25, 0.3) is 10.9 Å². The first-order valence-corrected chi connectivity index (χ1v) is 9.97. The third-order valence-corrected chi connectivity index (χ3v) is 4.94. The molecule has 0 aliphatic heterocycles. The molecule has 8 nitrogen and oxygen atoms in total. The molecule has 1 amide bonds. The van der Waals surface area contributed by atoms with E-state index in [1.807, 2.05) is 54.6 Å². The molecule has 0 fully saturated rings. The van der Waals surface area contributed by atoms with Crippen LogP contribution < -0.4 is 11.1 Å². The maximum Gasteiger partial charge on any atom is 0.326 e. The third-order valence-electron chi connectivity index (χ3n) is 4.94. The Balaban J connectivity index is 0.00000363. The molecule has 2 atom stereocenters. The predicted octanol–water partition coefficient (Wildman–Crippen LogP) is 2.55. The lowest BCUT2D eigenvalue weighted by Gasteiger charge is -2.15. The highest BCUT2D eigenvalue weighted by Crippen LogP contribution is 2.19. The van der Waals surface area contributed by atoms with Gasteiger partial charge < -0.3 is 25.9 Å². The van der Waals surface area contributed by atoms with E-state index in [2.05, 4.69) is 10.3 Å². The minimum atomic E-state index is -1.13. The Morgan fingerprint density at radius 2 is 1.75 bits per heavy atom. The van der Waals surface area contributed by atoms with Crippen molar-refractivity contribution < 1.29 is 24.2 Å². The number of carboxylic acid groups (broad SMARTS) is 1. The molecule has 0 radical (unpaired) electrons. The molecule has 3 rings (SSSR count). The quantitative estimate of drug-likeness (QED) is 0.344. The van der Waals surface area contributed by atoms with Gasteiger partial charge in [-0.1, -0.05) is 48.5 Å². The number of fused-ring (bicyclic) bond motifs is 1. The average Bonchev–Trinajstić information content (AvgIpc) is 3.19. The van der Waals surface area contributed by atoms with Crippen molar-refractivity contribution in [2.24, 2.45) is 5.73 Å². The van der Waals surface area contributed by atoms with Crippen molar-refractivity contribution in [1.82, 2.24) is 10.3 Å². The number of hydrogen-bond donors (Lipinski definition) is 4. The van der Waals surface area contributed by atoms with Gasteiger partial charge in [0.2, 0.25) is 5.91 Å². The number of carbonyl (C=O) groups excluding carboxylic acids is 2. The van der Waals surface area contributed by atoms with E-state index in [0.717, 1.165) is 22.0 Å². The number of para-hydroxylation sites is 1. The second kappa shape index (κ2) is 11.9. The van der Waals surface area contributed by atoms with Gasteiger partial charge in [0.1, 0.15) is 18.7 Å². The largest absolute Gasteiger partial charge is 0.480 e.